The molecule has 0 fully saturated rings. The van der Waals surface area contributed by atoms with Crippen molar-refractivity contribution in [2.24, 2.45) is 5.41 Å². The Bertz CT molecular complexity index is 1170. The summed E-state index contributed by atoms with van der Waals surface area (Å²) in [5.74, 6) is 0.000923. The van der Waals surface area contributed by atoms with E-state index in [2.05, 4.69) is 32.9 Å². The molecule has 0 spiro atoms. The second kappa shape index (κ2) is 7.43. The van der Waals surface area contributed by atoms with Crippen LogP contribution in [0.15, 0.2) is 22.7 Å². The number of carbonyl (C=O) groups excluding carboxylic acids is 2. The van der Waals surface area contributed by atoms with Gasteiger partial charge >= 0.3 is 0 Å². The molecule has 2 aromatic rings. The average Bonchev–Trinajstić information content (AvgIpc) is 3.29. The lowest BCUT2D eigenvalue weighted by atomic mass is 9.70. The Morgan fingerprint density at radius 3 is 2.68 bits per heavy atom. The van der Waals surface area contributed by atoms with E-state index >= 15 is 0 Å². The van der Waals surface area contributed by atoms with E-state index < -0.39 is 0 Å². The molecule has 1 atom stereocenters. The van der Waals surface area contributed by atoms with Crippen molar-refractivity contribution in [1.29, 1.82) is 5.26 Å². The normalized spacial score (nSPS) is 22.9. The van der Waals surface area contributed by atoms with Gasteiger partial charge in [0.05, 0.1) is 5.56 Å². The monoisotopic (exact) mass is 450 g/mol. The smallest absolute Gasteiger partial charge is 0.232 e. The molecule has 4 nitrogen and oxygen atoms in total. The second-order valence-electron chi connectivity index (χ2n) is 9.76. The van der Waals surface area contributed by atoms with E-state index in [4.69, 9.17) is 0 Å². The van der Waals surface area contributed by atoms with E-state index in [-0.39, 0.29) is 23.0 Å². The summed E-state index contributed by atoms with van der Waals surface area (Å²) < 4.78 is 0. The van der Waals surface area contributed by atoms with E-state index in [9.17, 15) is 14.9 Å². The van der Waals surface area contributed by atoms with Gasteiger partial charge in [-0.3, -0.25) is 14.5 Å². The van der Waals surface area contributed by atoms with Crippen molar-refractivity contribution in [2.45, 2.75) is 71.6 Å². The molecule has 0 unspecified atom stereocenters. The zero-order valence-electron chi connectivity index (χ0n) is 18.2. The quantitative estimate of drug-likeness (QED) is 0.561. The first-order valence-electron chi connectivity index (χ1n) is 11.0. The number of rotatable bonds is 2. The number of nitriles is 1. The van der Waals surface area contributed by atoms with Crippen LogP contribution in [0.4, 0.5) is 5.00 Å². The lowest BCUT2D eigenvalue weighted by Crippen LogP contribution is -2.43. The number of aryl methyl sites for hydroxylation is 2. The highest BCUT2D eigenvalue weighted by atomic mass is 32.1. The molecule has 2 aliphatic carbocycles. The van der Waals surface area contributed by atoms with Gasteiger partial charge in [-0.05, 0) is 67.0 Å². The van der Waals surface area contributed by atoms with Crippen molar-refractivity contribution < 1.29 is 9.59 Å². The van der Waals surface area contributed by atoms with Gasteiger partial charge in [0.15, 0.2) is 5.78 Å². The minimum absolute atomic E-state index is 0.0112. The molecule has 0 bridgehead atoms. The van der Waals surface area contributed by atoms with E-state index in [0.717, 1.165) is 58.0 Å². The zero-order valence-corrected chi connectivity index (χ0v) is 19.8. The number of allylic oxidation sites excluding steroid dienone is 2. The van der Waals surface area contributed by atoms with Gasteiger partial charge in [-0.1, -0.05) is 13.8 Å². The van der Waals surface area contributed by atoms with Crippen LogP contribution in [-0.4, -0.2) is 11.7 Å². The molecule has 1 aliphatic heterocycles. The fraction of sp³-hybridized carbons (Fsp3) is 0.480. The van der Waals surface area contributed by atoms with Crippen LogP contribution < -0.4 is 4.90 Å². The van der Waals surface area contributed by atoms with Gasteiger partial charge in [-0.2, -0.15) is 5.26 Å². The maximum absolute atomic E-state index is 13.6. The van der Waals surface area contributed by atoms with Crippen molar-refractivity contribution in [1.82, 2.24) is 0 Å². The topological polar surface area (TPSA) is 61.2 Å². The van der Waals surface area contributed by atoms with Gasteiger partial charge in [0.1, 0.15) is 11.1 Å². The summed E-state index contributed by atoms with van der Waals surface area (Å²) in [4.78, 5) is 31.2. The fourth-order valence-electron chi connectivity index (χ4n) is 5.44. The summed E-state index contributed by atoms with van der Waals surface area (Å²) in [6, 6.07) is 4.47. The highest BCUT2D eigenvalue weighted by Crippen LogP contribution is 2.51. The molecule has 31 heavy (non-hydrogen) atoms. The van der Waals surface area contributed by atoms with Crippen LogP contribution in [-0.2, 0) is 22.4 Å². The number of fused-ring (bicyclic) bond motifs is 1. The summed E-state index contributed by atoms with van der Waals surface area (Å²) in [6.45, 7) is 6.26. The standard InChI is InChI=1S/C25H26N2O2S2/c1-14-8-9-30-23(14)16-10-21(29)27(18-11-25(2,3)12-19(28)22(16)18)24-17(13-26)15-6-4-5-7-20(15)31-24/h8-9,16H,4-7,10-12H2,1-3H3/t16-/m0/s1. The molecule has 0 aromatic carbocycles. The maximum atomic E-state index is 13.6. The molecule has 0 saturated carbocycles. The molecule has 2 aromatic heterocycles. The number of ketones is 1. The molecule has 3 aliphatic rings. The van der Waals surface area contributed by atoms with E-state index in [1.807, 2.05) is 5.38 Å². The Labute approximate surface area is 191 Å². The first kappa shape index (κ1) is 20.7. The Morgan fingerprint density at radius 2 is 1.97 bits per heavy atom. The third kappa shape index (κ3) is 3.30. The Hall–Kier alpha value is -2.23. The van der Waals surface area contributed by atoms with Crippen molar-refractivity contribution in [3.63, 3.8) is 0 Å². The van der Waals surface area contributed by atoms with E-state index in [0.29, 0.717) is 24.8 Å². The summed E-state index contributed by atoms with van der Waals surface area (Å²) in [7, 11) is 0. The highest BCUT2D eigenvalue weighted by molar-refractivity contribution is 7.16. The van der Waals surface area contributed by atoms with Crippen molar-refractivity contribution in [3.05, 3.63) is 49.2 Å². The second-order valence-corrected chi connectivity index (χ2v) is 11.8. The van der Waals surface area contributed by atoms with Crippen LogP contribution in [0.1, 0.15) is 78.3 Å². The first-order chi connectivity index (χ1) is 14.8. The minimum Gasteiger partial charge on any atom is -0.294 e. The average molecular weight is 451 g/mol. The Morgan fingerprint density at radius 1 is 1.19 bits per heavy atom. The summed E-state index contributed by atoms with van der Waals surface area (Å²) >= 11 is 3.23. The number of hydrogen-bond acceptors (Lipinski definition) is 5. The van der Waals surface area contributed by atoms with Crippen LogP contribution in [0.3, 0.4) is 0 Å². The van der Waals surface area contributed by atoms with Crippen molar-refractivity contribution in [2.75, 3.05) is 4.90 Å². The van der Waals surface area contributed by atoms with Gasteiger partial charge < -0.3 is 0 Å². The molecular weight excluding hydrogens is 424 g/mol. The van der Waals surface area contributed by atoms with Crippen molar-refractivity contribution in [3.8, 4) is 6.07 Å². The SMILES string of the molecule is Cc1ccsc1[C@H]1CC(=O)N(c2sc3c(c2C#N)CCCC3)C2=C1C(=O)CC(C)(C)C2. The molecule has 0 N–H and O–H groups in total. The molecule has 3 heterocycles. The third-order valence-electron chi connectivity index (χ3n) is 6.83. The van der Waals surface area contributed by atoms with Gasteiger partial charge in [0.25, 0.3) is 0 Å². The molecule has 6 heteroatoms. The van der Waals surface area contributed by atoms with Crippen LogP contribution in [0.25, 0.3) is 0 Å². The third-order valence-corrected chi connectivity index (χ3v) is 9.24. The minimum atomic E-state index is -0.204. The predicted molar refractivity (Wildman–Crippen MR) is 125 cm³/mol. The van der Waals surface area contributed by atoms with Gasteiger partial charge in [0, 0.05) is 39.8 Å². The van der Waals surface area contributed by atoms with Gasteiger partial charge in [0.2, 0.25) is 5.91 Å². The van der Waals surface area contributed by atoms with Crippen molar-refractivity contribution >= 4 is 39.4 Å². The molecule has 1 amide bonds. The number of amides is 1. The Kier molecular flexibility index (Phi) is 4.95. The van der Waals surface area contributed by atoms with Gasteiger partial charge in [-0.25, -0.2) is 0 Å². The van der Waals surface area contributed by atoms with Crippen LogP contribution in [0, 0.1) is 23.7 Å². The number of carbonyl (C=O) groups is 2. The lowest BCUT2D eigenvalue weighted by Gasteiger charge is -2.42. The number of Topliss-reactive ketones (excluding diaryl/α,β-unsaturated/α-hetero) is 1. The number of nitrogens with zero attached hydrogens (tertiary/aromatic N) is 2. The largest absolute Gasteiger partial charge is 0.294 e. The number of thiophene rings is 2. The lowest BCUT2D eigenvalue weighted by molar-refractivity contribution is -0.120. The summed E-state index contributed by atoms with van der Waals surface area (Å²) in [6.07, 6.45) is 5.57. The fourth-order valence-corrected chi connectivity index (χ4v) is 7.86. The predicted octanol–water partition coefficient (Wildman–Crippen LogP) is 6.03. The molecule has 0 radical (unpaired) electrons. The zero-order chi connectivity index (χ0) is 21.9. The van der Waals surface area contributed by atoms with Crippen LogP contribution >= 0.6 is 22.7 Å². The van der Waals surface area contributed by atoms with Crippen LogP contribution in [0.2, 0.25) is 0 Å². The maximum Gasteiger partial charge on any atom is 0.232 e. The van der Waals surface area contributed by atoms with Crippen LogP contribution in [0.5, 0.6) is 0 Å². The molecule has 5 rings (SSSR count). The highest BCUT2D eigenvalue weighted by Gasteiger charge is 2.46. The molecule has 0 saturated heterocycles. The molecular formula is C25H26N2O2S2. The number of anilines is 1. The first-order valence-corrected chi connectivity index (χ1v) is 12.7. The van der Waals surface area contributed by atoms with Gasteiger partial charge in [-0.15, -0.1) is 22.7 Å². The Balaban J connectivity index is 1.72. The number of hydrogen-bond donors (Lipinski definition) is 0. The van der Waals surface area contributed by atoms with E-state index in [1.165, 1.54) is 4.88 Å². The summed E-state index contributed by atoms with van der Waals surface area (Å²) in [5.41, 5.74) is 4.36. The molecule has 160 valence electrons. The summed E-state index contributed by atoms with van der Waals surface area (Å²) in [5, 5.41) is 12.8. The van der Waals surface area contributed by atoms with E-state index in [1.54, 1.807) is 27.6 Å².